The lowest BCUT2D eigenvalue weighted by Gasteiger charge is -2.18. The molecular formula is C18H14N2O5. The molecule has 7 nitrogen and oxygen atoms in total. The summed E-state index contributed by atoms with van der Waals surface area (Å²) in [6, 6.07) is 11.8. The quantitative estimate of drug-likeness (QED) is 0.748. The Balaban J connectivity index is 1.78. The lowest BCUT2D eigenvalue weighted by Crippen LogP contribution is -2.31. The number of aromatic hydroxyl groups is 1. The lowest BCUT2D eigenvalue weighted by atomic mass is 10.1. The summed E-state index contributed by atoms with van der Waals surface area (Å²) in [5, 5.41) is 10.8. The lowest BCUT2D eigenvalue weighted by molar-refractivity contribution is 0.0989. The van der Waals surface area contributed by atoms with Gasteiger partial charge in [-0.3, -0.25) is 9.59 Å². The Morgan fingerprint density at radius 3 is 2.76 bits per heavy atom. The maximum absolute atomic E-state index is 12.8. The first kappa shape index (κ1) is 15.1. The molecule has 1 amide bonds. The minimum absolute atomic E-state index is 0.127. The topological polar surface area (TPSA) is 91.9 Å². The van der Waals surface area contributed by atoms with Crippen molar-refractivity contribution in [3.63, 3.8) is 0 Å². The SMILES string of the molecule is CN(C(=O)c1c(O)c2ccccc2[nH]c1=O)c1ccc2c(c1)OCO2. The molecule has 126 valence electrons. The van der Waals surface area contributed by atoms with Gasteiger partial charge in [-0.05, 0) is 24.3 Å². The summed E-state index contributed by atoms with van der Waals surface area (Å²) in [7, 11) is 1.52. The number of carbonyl (C=O) groups excluding carboxylic acids is 1. The van der Waals surface area contributed by atoms with Gasteiger partial charge in [0.2, 0.25) is 6.79 Å². The predicted molar refractivity (Wildman–Crippen MR) is 91.5 cm³/mol. The van der Waals surface area contributed by atoms with E-state index in [2.05, 4.69) is 4.98 Å². The molecule has 0 aliphatic carbocycles. The van der Waals surface area contributed by atoms with Crippen LogP contribution in [-0.4, -0.2) is 29.8 Å². The molecule has 25 heavy (non-hydrogen) atoms. The zero-order valence-corrected chi connectivity index (χ0v) is 13.3. The van der Waals surface area contributed by atoms with Crippen molar-refractivity contribution in [1.29, 1.82) is 0 Å². The molecule has 0 saturated heterocycles. The van der Waals surface area contributed by atoms with Gasteiger partial charge in [-0.2, -0.15) is 0 Å². The van der Waals surface area contributed by atoms with Crippen molar-refractivity contribution in [2.75, 3.05) is 18.7 Å². The van der Waals surface area contributed by atoms with Gasteiger partial charge in [0.1, 0.15) is 11.3 Å². The molecule has 0 saturated carbocycles. The van der Waals surface area contributed by atoms with Gasteiger partial charge in [-0.25, -0.2) is 0 Å². The highest BCUT2D eigenvalue weighted by molar-refractivity contribution is 6.10. The number of para-hydroxylation sites is 1. The first-order valence-electron chi connectivity index (χ1n) is 7.58. The minimum Gasteiger partial charge on any atom is -0.506 e. The highest BCUT2D eigenvalue weighted by Gasteiger charge is 2.24. The van der Waals surface area contributed by atoms with Gasteiger partial charge in [0, 0.05) is 24.2 Å². The van der Waals surface area contributed by atoms with Gasteiger partial charge in [0.15, 0.2) is 11.5 Å². The number of nitrogens with one attached hydrogen (secondary N) is 1. The van der Waals surface area contributed by atoms with Crippen molar-refractivity contribution < 1.29 is 19.4 Å². The van der Waals surface area contributed by atoms with E-state index in [4.69, 9.17) is 9.47 Å². The third-order valence-electron chi connectivity index (χ3n) is 4.16. The van der Waals surface area contributed by atoms with E-state index in [1.54, 1.807) is 42.5 Å². The fourth-order valence-electron chi connectivity index (χ4n) is 2.80. The molecule has 7 heteroatoms. The molecule has 0 fully saturated rings. The zero-order chi connectivity index (χ0) is 17.6. The second kappa shape index (κ2) is 5.55. The van der Waals surface area contributed by atoms with Gasteiger partial charge in [-0.15, -0.1) is 0 Å². The normalized spacial score (nSPS) is 12.4. The first-order valence-corrected chi connectivity index (χ1v) is 7.58. The van der Waals surface area contributed by atoms with E-state index in [9.17, 15) is 14.7 Å². The van der Waals surface area contributed by atoms with Crippen LogP contribution >= 0.6 is 0 Å². The number of aromatic nitrogens is 1. The molecule has 0 spiro atoms. The Hall–Kier alpha value is -3.48. The van der Waals surface area contributed by atoms with Crippen LogP contribution < -0.4 is 19.9 Å². The number of H-pyrrole nitrogens is 1. The maximum atomic E-state index is 12.8. The standard InChI is InChI=1S/C18H14N2O5/c1-20(10-6-7-13-14(8-10)25-9-24-13)18(23)15-16(21)11-4-2-3-5-12(11)19-17(15)22/h2-8H,9H2,1H3,(H2,19,21,22). The third-order valence-corrected chi connectivity index (χ3v) is 4.16. The summed E-state index contributed by atoms with van der Waals surface area (Å²) in [5.41, 5.74) is 0.0288. The Morgan fingerprint density at radius 2 is 1.92 bits per heavy atom. The molecule has 2 N–H and O–H groups in total. The minimum atomic E-state index is -0.645. The van der Waals surface area contributed by atoms with E-state index >= 15 is 0 Å². The number of hydrogen-bond donors (Lipinski definition) is 2. The van der Waals surface area contributed by atoms with Crippen LogP contribution in [0.25, 0.3) is 10.9 Å². The number of fused-ring (bicyclic) bond motifs is 2. The molecule has 0 unspecified atom stereocenters. The highest BCUT2D eigenvalue weighted by atomic mass is 16.7. The molecule has 2 heterocycles. The second-order valence-corrected chi connectivity index (χ2v) is 5.63. The van der Waals surface area contributed by atoms with Crippen molar-refractivity contribution in [2.24, 2.45) is 0 Å². The van der Waals surface area contributed by atoms with Crippen LogP contribution in [0.1, 0.15) is 10.4 Å². The number of carbonyl (C=O) groups is 1. The maximum Gasteiger partial charge on any atom is 0.267 e. The molecule has 3 aromatic rings. The second-order valence-electron chi connectivity index (χ2n) is 5.63. The number of hydrogen-bond acceptors (Lipinski definition) is 5. The average molecular weight is 338 g/mol. The molecule has 0 radical (unpaired) electrons. The van der Waals surface area contributed by atoms with Crippen molar-refractivity contribution in [3.05, 3.63) is 58.4 Å². The molecule has 1 aliphatic heterocycles. The third kappa shape index (κ3) is 2.37. The fraction of sp³-hybridized carbons (Fsp3) is 0.111. The Labute approximate surface area is 142 Å². The van der Waals surface area contributed by atoms with E-state index in [-0.39, 0.29) is 18.1 Å². The first-order chi connectivity index (χ1) is 12.1. The van der Waals surface area contributed by atoms with E-state index in [0.29, 0.717) is 28.1 Å². The average Bonchev–Trinajstić information content (AvgIpc) is 3.08. The monoisotopic (exact) mass is 338 g/mol. The van der Waals surface area contributed by atoms with E-state index < -0.39 is 11.5 Å². The molecular weight excluding hydrogens is 324 g/mol. The van der Waals surface area contributed by atoms with Crippen LogP contribution in [0, 0.1) is 0 Å². The number of nitrogens with zero attached hydrogens (tertiary/aromatic N) is 1. The number of amides is 1. The van der Waals surface area contributed by atoms with E-state index in [1.807, 2.05) is 0 Å². The van der Waals surface area contributed by atoms with E-state index in [1.165, 1.54) is 11.9 Å². The summed E-state index contributed by atoms with van der Waals surface area (Å²) in [6.07, 6.45) is 0. The molecule has 2 aromatic carbocycles. The van der Waals surface area contributed by atoms with Crippen molar-refractivity contribution in [1.82, 2.24) is 4.98 Å². The number of rotatable bonds is 2. The molecule has 1 aliphatic rings. The van der Waals surface area contributed by atoms with Crippen molar-refractivity contribution in [3.8, 4) is 17.2 Å². The summed E-state index contributed by atoms with van der Waals surface area (Å²) in [4.78, 5) is 29.0. The van der Waals surface area contributed by atoms with Crippen molar-refractivity contribution in [2.45, 2.75) is 0 Å². The van der Waals surface area contributed by atoms with Crippen LogP contribution in [0.5, 0.6) is 17.2 Å². The van der Waals surface area contributed by atoms with Crippen LogP contribution in [0.2, 0.25) is 0 Å². The summed E-state index contributed by atoms with van der Waals surface area (Å²) in [5.74, 6) is 0.158. The van der Waals surface area contributed by atoms with Gasteiger partial charge in [0.25, 0.3) is 11.5 Å². The molecule has 0 bridgehead atoms. The largest absolute Gasteiger partial charge is 0.506 e. The van der Waals surface area contributed by atoms with Gasteiger partial charge < -0.3 is 24.5 Å². The zero-order valence-electron chi connectivity index (χ0n) is 13.3. The number of anilines is 1. The summed E-state index contributed by atoms with van der Waals surface area (Å²) >= 11 is 0. The highest BCUT2D eigenvalue weighted by Crippen LogP contribution is 2.36. The number of pyridine rings is 1. The molecule has 0 atom stereocenters. The fourth-order valence-corrected chi connectivity index (χ4v) is 2.80. The van der Waals surface area contributed by atoms with Gasteiger partial charge in [0.05, 0.1) is 5.52 Å². The summed E-state index contributed by atoms with van der Waals surface area (Å²) < 4.78 is 10.5. The van der Waals surface area contributed by atoms with Crippen LogP contribution in [0.4, 0.5) is 5.69 Å². The van der Waals surface area contributed by atoms with Crippen LogP contribution in [0.15, 0.2) is 47.3 Å². The number of ether oxygens (including phenoxy) is 2. The Kier molecular flexibility index (Phi) is 3.35. The van der Waals surface area contributed by atoms with Crippen LogP contribution in [-0.2, 0) is 0 Å². The van der Waals surface area contributed by atoms with E-state index in [0.717, 1.165) is 0 Å². The Morgan fingerprint density at radius 1 is 1.16 bits per heavy atom. The Bertz CT molecular complexity index is 1060. The smallest absolute Gasteiger partial charge is 0.267 e. The van der Waals surface area contributed by atoms with Crippen LogP contribution in [0.3, 0.4) is 0 Å². The number of benzene rings is 2. The van der Waals surface area contributed by atoms with Gasteiger partial charge in [-0.1, -0.05) is 12.1 Å². The van der Waals surface area contributed by atoms with Crippen molar-refractivity contribution >= 4 is 22.5 Å². The summed E-state index contributed by atoms with van der Waals surface area (Å²) in [6.45, 7) is 0.127. The molecule has 4 rings (SSSR count). The van der Waals surface area contributed by atoms with Gasteiger partial charge >= 0.3 is 0 Å². The molecule has 1 aromatic heterocycles. The number of aromatic amines is 1. The predicted octanol–water partition coefficient (Wildman–Crippen LogP) is 2.24.